The van der Waals surface area contributed by atoms with Crippen molar-refractivity contribution in [3.63, 3.8) is 0 Å². The molecule has 1 heterocycles. The Morgan fingerprint density at radius 1 is 0.909 bits per heavy atom. The fourth-order valence-electron chi connectivity index (χ4n) is 2.19. The number of pyridine rings is 1. The van der Waals surface area contributed by atoms with Gasteiger partial charge in [-0.15, -0.1) is 0 Å². The van der Waals surface area contributed by atoms with Crippen LogP contribution >= 0.6 is 0 Å². The van der Waals surface area contributed by atoms with E-state index in [1.54, 1.807) is 0 Å². The van der Waals surface area contributed by atoms with Crippen molar-refractivity contribution in [2.75, 3.05) is 13.2 Å². The summed E-state index contributed by atoms with van der Waals surface area (Å²) in [5.74, 6) is 0.118. The highest BCUT2D eigenvalue weighted by Gasteiger charge is 2.31. The number of esters is 2. The molecule has 0 unspecified atom stereocenters. The number of aromatic nitrogens is 1. The van der Waals surface area contributed by atoms with Gasteiger partial charge in [0.25, 0.3) is 0 Å². The summed E-state index contributed by atoms with van der Waals surface area (Å²) in [5.41, 5.74) is 1.80. The number of nitrogens with zero attached hydrogens (tertiary/aromatic N) is 1. The SMILES string of the molecule is O=C(OCCc1cccc(CCOC(=O)C2CC2)n1)C1CC1. The Balaban J connectivity index is 1.38. The van der Waals surface area contributed by atoms with Crippen LogP contribution in [0.3, 0.4) is 0 Å². The first-order valence-corrected chi connectivity index (χ1v) is 8.00. The van der Waals surface area contributed by atoms with E-state index in [-0.39, 0.29) is 23.8 Å². The Morgan fingerprint density at radius 3 is 1.77 bits per heavy atom. The smallest absolute Gasteiger partial charge is 0.308 e. The lowest BCUT2D eigenvalue weighted by atomic mass is 10.2. The highest BCUT2D eigenvalue weighted by Crippen LogP contribution is 2.30. The van der Waals surface area contributed by atoms with E-state index in [2.05, 4.69) is 4.98 Å². The minimum Gasteiger partial charge on any atom is -0.465 e. The maximum Gasteiger partial charge on any atom is 0.308 e. The number of rotatable bonds is 8. The van der Waals surface area contributed by atoms with Gasteiger partial charge in [0.05, 0.1) is 25.0 Å². The maximum absolute atomic E-state index is 11.4. The molecule has 0 aliphatic heterocycles. The van der Waals surface area contributed by atoms with Crippen molar-refractivity contribution in [2.24, 2.45) is 11.8 Å². The van der Waals surface area contributed by atoms with Gasteiger partial charge in [-0.1, -0.05) is 6.07 Å². The second-order valence-corrected chi connectivity index (χ2v) is 6.00. The second-order valence-electron chi connectivity index (χ2n) is 6.00. The van der Waals surface area contributed by atoms with Crippen LogP contribution in [-0.4, -0.2) is 30.1 Å². The Kier molecular flexibility index (Phi) is 4.71. The Morgan fingerprint density at radius 2 is 1.36 bits per heavy atom. The van der Waals surface area contributed by atoms with Crippen molar-refractivity contribution >= 4 is 11.9 Å². The molecule has 1 aromatic heterocycles. The molecule has 0 radical (unpaired) electrons. The topological polar surface area (TPSA) is 65.5 Å². The minimum atomic E-state index is -0.0804. The first-order chi connectivity index (χ1) is 10.7. The first kappa shape index (κ1) is 15.0. The summed E-state index contributed by atoms with van der Waals surface area (Å²) in [7, 11) is 0. The molecular weight excluding hydrogens is 282 g/mol. The molecule has 2 fully saturated rings. The van der Waals surface area contributed by atoms with Crippen molar-refractivity contribution in [3.8, 4) is 0 Å². The third-order valence-electron chi connectivity index (χ3n) is 3.89. The molecule has 0 spiro atoms. The normalized spacial score (nSPS) is 17.1. The van der Waals surface area contributed by atoms with Crippen LogP contribution in [0, 0.1) is 11.8 Å². The van der Waals surface area contributed by atoms with Gasteiger partial charge in [-0.2, -0.15) is 0 Å². The number of ether oxygens (including phenoxy) is 2. The molecule has 0 N–H and O–H groups in total. The summed E-state index contributed by atoms with van der Waals surface area (Å²) >= 11 is 0. The lowest BCUT2D eigenvalue weighted by molar-refractivity contribution is -0.145. The number of hydrogen-bond donors (Lipinski definition) is 0. The van der Waals surface area contributed by atoms with Gasteiger partial charge >= 0.3 is 11.9 Å². The predicted octanol–water partition coefficient (Wildman–Crippen LogP) is 2.07. The number of carbonyl (C=O) groups is 2. The average Bonchev–Trinajstić information content (AvgIpc) is 3.41. The van der Waals surface area contributed by atoms with Gasteiger partial charge in [0.2, 0.25) is 0 Å². The van der Waals surface area contributed by atoms with Gasteiger partial charge in [-0.3, -0.25) is 14.6 Å². The largest absolute Gasteiger partial charge is 0.465 e. The Labute approximate surface area is 130 Å². The van der Waals surface area contributed by atoms with Crippen LogP contribution in [0.1, 0.15) is 37.1 Å². The van der Waals surface area contributed by atoms with Crippen LogP contribution in [0.25, 0.3) is 0 Å². The van der Waals surface area contributed by atoms with E-state index in [0.29, 0.717) is 26.1 Å². The molecule has 2 saturated carbocycles. The third-order valence-corrected chi connectivity index (χ3v) is 3.89. The van der Waals surface area contributed by atoms with E-state index in [1.165, 1.54) is 0 Å². The molecule has 5 nitrogen and oxygen atoms in total. The summed E-state index contributed by atoms with van der Waals surface area (Å²) in [4.78, 5) is 27.4. The van der Waals surface area contributed by atoms with Crippen LogP contribution in [0.5, 0.6) is 0 Å². The molecule has 1 aromatic rings. The van der Waals surface area contributed by atoms with Gasteiger partial charge < -0.3 is 9.47 Å². The monoisotopic (exact) mass is 303 g/mol. The summed E-state index contributed by atoms with van der Waals surface area (Å²) in [6.07, 6.45) is 5.10. The third kappa shape index (κ3) is 4.55. The average molecular weight is 303 g/mol. The quantitative estimate of drug-likeness (QED) is 0.688. The zero-order valence-corrected chi connectivity index (χ0v) is 12.6. The highest BCUT2D eigenvalue weighted by molar-refractivity contribution is 5.75. The van der Waals surface area contributed by atoms with E-state index < -0.39 is 0 Å². The van der Waals surface area contributed by atoms with E-state index in [4.69, 9.17) is 9.47 Å². The lowest BCUT2D eigenvalue weighted by Gasteiger charge is -2.06. The van der Waals surface area contributed by atoms with Gasteiger partial charge in [-0.25, -0.2) is 0 Å². The summed E-state index contributed by atoms with van der Waals surface area (Å²) in [6, 6.07) is 5.78. The first-order valence-electron chi connectivity index (χ1n) is 8.00. The summed E-state index contributed by atoms with van der Waals surface area (Å²) in [6.45, 7) is 0.755. The fraction of sp³-hybridized carbons (Fsp3) is 0.588. The molecule has 118 valence electrons. The van der Waals surface area contributed by atoms with E-state index >= 15 is 0 Å². The van der Waals surface area contributed by atoms with Crippen molar-refractivity contribution in [1.29, 1.82) is 0 Å². The molecule has 5 heteroatoms. The molecular formula is C17H21NO4. The van der Waals surface area contributed by atoms with Crippen LogP contribution in [-0.2, 0) is 31.9 Å². The molecule has 2 aliphatic rings. The predicted molar refractivity (Wildman–Crippen MR) is 79.0 cm³/mol. The molecule has 0 amide bonds. The minimum absolute atomic E-state index is 0.0804. The molecule has 3 rings (SSSR count). The van der Waals surface area contributed by atoms with Gasteiger partial charge in [-0.05, 0) is 37.8 Å². The zero-order chi connectivity index (χ0) is 15.4. The van der Waals surface area contributed by atoms with Crippen LogP contribution in [0.15, 0.2) is 18.2 Å². The van der Waals surface area contributed by atoms with Crippen LogP contribution in [0.4, 0.5) is 0 Å². The van der Waals surface area contributed by atoms with Gasteiger partial charge in [0.1, 0.15) is 0 Å². The Bertz CT molecular complexity index is 504. The van der Waals surface area contributed by atoms with Gasteiger partial charge in [0.15, 0.2) is 0 Å². The number of carbonyl (C=O) groups excluding carboxylic acids is 2. The van der Waals surface area contributed by atoms with Crippen molar-refractivity contribution in [1.82, 2.24) is 4.98 Å². The lowest BCUT2D eigenvalue weighted by Crippen LogP contribution is -2.11. The number of hydrogen-bond acceptors (Lipinski definition) is 5. The van der Waals surface area contributed by atoms with Crippen LogP contribution in [0.2, 0.25) is 0 Å². The Hall–Kier alpha value is -1.91. The second kappa shape index (κ2) is 6.90. The maximum atomic E-state index is 11.4. The molecule has 0 atom stereocenters. The van der Waals surface area contributed by atoms with Crippen molar-refractivity contribution < 1.29 is 19.1 Å². The molecule has 22 heavy (non-hydrogen) atoms. The zero-order valence-electron chi connectivity index (χ0n) is 12.6. The van der Waals surface area contributed by atoms with E-state index in [9.17, 15) is 9.59 Å². The molecule has 0 saturated heterocycles. The summed E-state index contributed by atoms with van der Waals surface area (Å²) in [5, 5.41) is 0. The van der Waals surface area contributed by atoms with Crippen molar-refractivity contribution in [3.05, 3.63) is 29.6 Å². The summed E-state index contributed by atoms with van der Waals surface area (Å²) < 4.78 is 10.4. The standard InChI is InChI=1S/C17H21NO4/c19-16(12-4-5-12)21-10-8-14-2-1-3-15(18-14)9-11-22-17(20)13-6-7-13/h1-3,12-13H,4-11H2. The molecule has 0 aromatic carbocycles. The highest BCUT2D eigenvalue weighted by atomic mass is 16.5. The van der Waals surface area contributed by atoms with E-state index in [1.807, 2.05) is 18.2 Å². The van der Waals surface area contributed by atoms with Crippen LogP contribution < -0.4 is 0 Å². The molecule has 0 bridgehead atoms. The molecule has 2 aliphatic carbocycles. The van der Waals surface area contributed by atoms with E-state index in [0.717, 1.165) is 37.1 Å². The van der Waals surface area contributed by atoms with Crippen molar-refractivity contribution in [2.45, 2.75) is 38.5 Å². The fourth-order valence-corrected chi connectivity index (χ4v) is 2.19. The van der Waals surface area contributed by atoms with Gasteiger partial charge in [0, 0.05) is 24.2 Å².